The van der Waals surface area contributed by atoms with Gasteiger partial charge in [-0.15, -0.1) is 0 Å². The molecule has 3 aromatic carbocycles. The summed E-state index contributed by atoms with van der Waals surface area (Å²) >= 11 is 0. The third-order valence-electron chi connectivity index (χ3n) is 6.55. The van der Waals surface area contributed by atoms with Crippen molar-refractivity contribution in [2.75, 3.05) is 49.8 Å². The van der Waals surface area contributed by atoms with Crippen molar-refractivity contribution < 1.29 is 17.9 Å². The number of piperazine rings is 1. The van der Waals surface area contributed by atoms with Crippen LogP contribution in [0.4, 0.5) is 11.4 Å². The molecule has 1 fully saturated rings. The summed E-state index contributed by atoms with van der Waals surface area (Å²) in [6.07, 6.45) is 1.24. The van der Waals surface area contributed by atoms with Gasteiger partial charge in [-0.1, -0.05) is 44.2 Å². The molecule has 4 rings (SSSR count). The molecule has 1 saturated heterocycles. The molecular formula is C28H33N3O4S. The molecule has 0 unspecified atom stereocenters. The van der Waals surface area contributed by atoms with Crippen molar-refractivity contribution in [3.05, 3.63) is 77.9 Å². The number of methoxy groups -OCH3 is 1. The molecule has 8 heteroatoms. The van der Waals surface area contributed by atoms with E-state index in [1.807, 2.05) is 48.5 Å². The second-order valence-corrected chi connectivity index (χ2v) is 11.3. The molecule has 0 spiro atoms. The Morgan fingerprint density at radius 1 is 0.917 bits per heavy atom. The first-order chi connectivity index (χ1) is 17.2. The lowest BCUT2D eigenvalue weighted by atomic mass is 9.95. The SMILES string of the molecule is COc1cccc(C(=O)Nc2ccc(N3CCN(S(C)(=O)=O)CC3)cc2)c1-c1ccc(C(C)C)cc1. The number of anilines is 2. The molecule has 1 amide bonds. The Balaban J connectivity index is 1.51. The van der Waals surface area contributed by atoms with Crippen LogP contribution in [0.1, 0.15) is 35.7 Å². The number of hydrogen-bond donors (Lipinski definition) is 1. The number of benzene rings is 3. The van der Waals surface area contributed by atoms with Gasteiger partial charge in [0.1, 0.15) is 5.75 Å². The topological polar surface area (TPSA) is 79.0 Å². The number of amides is 1. The van der Waals surface area contributed by atoms with E-state index in [1.54, 1.807) is 13.2 Å². The molecule has 1 aliphatic rings. The van der Waals surface area contributed by atoms with Crippen molar-refractivity contribution in [1.82, 2.24) is 4.31 Å². The molecule has 0 radical (unpaired) electrons. The molecule has 7 nitrogen and oxygen atoms in total. The standard InChI is InChI=1S/C28H33N3O4S/c1-20(2)21-8-10-22(11-9-21)27-25(6-5-7-26(27)35-3)28(32)29-23-12-14-24(15-13-23)30-16-18-31(19-17-30)36(4,33)34/h5-15,20H,16-19H2,1-4H3,(H,29,32). The number of nitrogens with one attached hydrogen (secondary N) is 1. The lowest BCUT2D eigenvalue weighted by Gasteiger charge is -2.34. The fraction of sp³-hybridized carbons (Fsp3) is 0.321. The van der Waals surface area contributed by atoms with Crippen LogP contribution in [-0.2, 0) is 10.0 Å². The van der Waals surface area contributed by atoms with E-state index in [-0.39, 0.29) is 5.91 Å². The van der Waals surface area contributed by atoms with Gasteiger partial charge in [-0.05, 0) is 53.4 Å². The van der Waals surface area contributed by atoms with Crippen molar-refractivity contribution >= 4 is 27.3 Å². The normalized spacial score (nSPS) is 14.6. The number of ether oxygens (including phenoxy) is 1. The van der Waals surface area contributed by atoms with Crippen LogP contribution in [0.2, 0.25) is 0 Å². The Labute approximate surface area is 213 Å². The first-order valence-electron chi connectivity index (χ1n) is 12.1. The van der Waals surface area contributed by atoms with Crippen molar-refractivity contribution in [1.29, 1.82) is 0 Å². The molecule has 1 N–H and O–H groups in total. The maximum Gasteiger partial charge on any atom is 0.256 e. The van der Waals surface area contributed by atoms with E-state index in [4.69, 9.17) is 4.74 Å². The van der Waals surface area contributed by atoms with E-state index >= 15 is 0 Å². The third kappa shape index (κ3) is 5.71. The molecular weight excluding hydrogens is 474 g/mol. The van der Waals surface area contributed by atoms with Crippen LogP contribution in [0, 0.1) is 0 Å². The zero-order chi connectivity index (χ0) is 25.9. The molecule has 190 valence electrons. The highest BCUT2D eigenvalue weighted by molar-refractivity contribution is 7.88. The summed E-state index contributed by atoms with van der Waals surface area (Å²) in [4.78, 5) is 15.5. The Kier molecular flexibility index (Phi) is 7.66. The van der Waals surface area contributed by atoms with E-state index in [9.17, 15) is 13.2 Å². The molecule has 1 aliphatic heterocycles. The predicted octanol–water partition coefficient (Wildman–Crippen LogP) is 4.82. The molecule has 0 saturated carbocycles. The Bertz CT molecular complexity index is 1310. The van der Waals surface area contributed by atoms with Gasteiger partial charge in [0.2, 0.25) is 10.0 Å². The first kappa shape index (κ1) is 25.7. The smallest absolute Gasteiger partial charge is 0.256 e. The Morgan fingerprint density at radius 3 is 2.11 bits per heavy atom. The van der Waals surface area contributed by atoms with E-state index in [1.165, 1.54) is 16.1 Å². The largest absolute Gasteiger partial charge is 0.496 e. The second kappa shape index (κ2) is 10.7. The summed E-state index contributed by atoms with van der Waals surface area (Å²) in [5.41, 5.74) is 5.12. The summed E-state index contributed by atoms with van der Waals surface area (Å²) in [6, 6.07) is 21.3. The van der Waals surface area contributed by atoms with Crippen LogP contribution in [0.5, 0.6) is 5.75 Å². The lowest BCUT2D eigenvalue weighted by Crippen LogP contribution is -2.48. The molecule has 3 aromatic rings. The quantitative estimate of drug-likeness (QED) is 0.496. The van der Waals surface area contributed by atoms with Crippen molar-refractivity contribution in [3.63, 3.8) is 0 Å². The fourth-order valence-electron chi connectivity index (χ4n) is 4.45. The van der Waals surface area contributed by atoms with E-state index < -0.39 is 10.0 Å². The zero-order valence-electron chi connectivity index (χ0n) is 21.2. The van der Waals surface area contributed by atoms with Gasteiger partial charge in [-0.25, -0.2) is 8.42 Å². The van der Waals surface area contributed by atoms with E-state index in [0.29, 0.717) is 49.1 Å². The van der Waals surface area contributed by atoms with Gasteiger partial charge in [0.05, 0.1) is 18.9 Å². The van der Waals surface area contributed by atoms with Gasteiger partial charge < -0.3 is 15.0 Å². The Hall–Kier alpha value is -3.36. The van der Waals surface area contributed by atoms with Crippen LogP contribution in [0.25, 0.3) is 11.1 Å². The number of hydrogen-bond acceptors (Lipinski definition) is 5. The minimum Gasteiger partial charge on any atom is -0.496 e. The highest BCUT2D eigenvalue weighted by Crippen LogP contribution is 2.35. The molecule has 0 aromatic heterocycles. The maximum atomic E-state index is 13.3. The molecule has 0 atom stereocenters. The highest BCUT2D eigenvalue weighted by Gasteiger charge is 2.23. The number of nitrogens with zero attached hydrogens (tertiary/aromatic N) is 2. The van der Waals surface area contributed by atoms with Gasteiger partial charge >= 0.3 is 0 Å². The van der Waals surface area contributed by atoms with Crippen LogP contribution in [0.3, 0.4) is 0 Å². The van der Waals surface area contributed by atoms with Crippen molar-refractivity contribution in [3.8, 4) is 16.9 Å². The fourth-order valence-corrected chi connectivity index (χ4v) is 5.28. The minimum absolute atomic E-state index is 0.216. The number of carbonyl (C=O) groups excluding carboxylic acids is 1. The second-order valence-electron chi connectivity index (χ2n) is 9.31. The Morgan fingerprint density at radius 2 is 1.56 bits per heavy atom. The number of carbonyl (C=O) groups is 1. The lowest BCUT2D eigenvalue weighted by molar-refractivity contribution is 0.102. The number of sulfonamides is 1. The summed E-state index contributed by atoms with van der Waals surface area (Å²) in [7, 11) is -1.55. The maximum absolute atomic E-state index is 13.3. The van der Waals surface area contributed by atoms with Crippen molar-refractivity contribution in [2.24, 2.45) is 0 Å². The predicted molar refractivity (Wildman–Crippen MR) is 146 cm³/mol. The van der Waals surface area contributed by atoms with Gasteiger partial charge in [-0.3, -0.25) is 4.79 Å². The van der Waals surface area contributed by atoms with Crippen LogP contribution >= 0.6 is 0 Å². The van der Waals surface area contributed by atoms with E-state index in [0.717, 1.165) is 16.8 Å². The van der Waals surface area contributed by atoms with Gasteiger partial charge in [0, 0.05) is 43.1 Å². The summed E-state index contributed by atoms with van der Waals surface area (Å²) in [5.74, 6) is 0.848. The van der Waals surface area contributed by atoms with Crippen LogP contribution in [0.15, 0.2) is 66.7 Å². The van der Waals surface area contributed by atoms with Crippen molar-refractivity contribution in [2.45, 2.75) is 19.8 Å². The molecule has 1 heterocycles. The average Bonchev–Trinajstić information content (AvgIpc) is 2.88. The van der Waals surface area contributed by atoms with Gasteiger partial charge in [0.25, 0.3) is 5.91 Å². The molecule has 0 aliphatic carbocycles. The minimum atomic E-state index is -3.16. The molecule has 36 heavy (non-hydrogen) atoms. The monoisotopic (exact) mass is 507 g/mol. The summed E-state index contributed by atoms with van der Waals surface area (Å²) in [6.45, 7) is 6.49. The van der Waals surface area contributed by atoms with Gasteiger partial charge in [0.15, 0.2) is 0 Å². The molecule has 0 bridgehead atoms. The van der Waals surface area contributed by atoms with Crippen LogP contribution in [-0.4, -0.2) is 58.2 Å². The van der Waals surface area contributed by atoms with Crippen LogP contribution < -0.4 is 15.0 Å². The summed E-state index contributed by atoms with van der Waals surface area (Å²) < 4.78 is 30.6. The summed E-state index contributed by atoms with van der Waals surface area (Å²) in [5, 5.41) is 3.01. The van der Waals surface area contributed by atoms with E-state index in [2.05, 4.69) is 36.2 Å². The number of rotatable bonds is 7. The zero-order valence-corrected chi connectivity index (χ0v) is 22.0. The highest BCUT2D eigenvalue weighted by atomic mass is 32.2. The van der Waals surface area contributed by atoms with Gasteiger partial charge in [-0.2, -0.15) is 4.31 Å². The average molecular weight is 508 g/mol. The third-order valence-corrected chi connectivity index (χ3v) is 7.86. The first-order valence-corrected chi connectivity index (χ1v) is 13.9.